The molecule has 7 heteroatoms. The van der Waals surface area contributed by atoms with E-state index in [1.807, 2.05) is 26.0 Å². The highest BCUT2D eigenvalue weighted by molar-refractivity contribution is 6.32. The molecule has 0 aliphatic heterocycles. The van der Waals surface area contributed by atoms with E-state index in [4.69, 9.17) is 16.3 Å². The van der Waals surface area contributed by atoms with Gasteiger partial charge in [-0.15, -0.1) is 0 Å². The molecule has 0 saturated heterocycles. The second-order valence-corrected chi connectivity index (χ2v) is 5.97. The van der Waals surface area contributed by atoms with Gasteiger partial charge in [-0.25, -0.2) is 5.43 Å². The second-order valence-electron chi connectivity index (χ2n) is 5.56. The van der Waals surface area contributed by atoms with E-state index in [1.54, 1.807) is 13.0 Å². The molecule has 0 radical (unpaired) electrons. The maximum atomic E-state index is 12.1. The Balaban J connectivity index is 1.98. The fourth-order valence-corrected chi connectivity index (χ4v) is 2.26. The zero-order valence-corrected chi connectivity index (χ0v) is 14.8. The number of halogens is 1. The molecule has 3 N–H and O–H groups in total. The standard InChI is InChI=1S/C18H19ClN2O4/c1-10-5-4-6-16(11(10)2)25-12(3)18(24)21-20-9-13-7-14(19)17(23)15(22)8-13/h4-9,12,22-23H,1-3H3,(H,21,24)/b20-9+/t12-/m1/s1. The highest BCUT2D eigenvalue weighted by atomic mass is 35.5. The number of hydrogen-bond donors (Lipinski definition) is 3. The van der Waals surface area contributed by atoms with Gasteiger partial charge in [0.1, 0.15) is 5.75 Å². The number of carbonyl (C=O) groups excluding carboxylic acids is 1. The summed E-state index contributed by atoms with van der Waals surface area (Å²) in [5, 5.41) is 22.7. The summed E-state index contributed by atoms with van der Waals surface area (Å²) < 4.78 is 5.66. The average Bonchev–Trinajstić information content (AvgIpc) is 2.56. The van der Waals surface area contributed by atoms with Crippen LogP contribution in [0.4, 0.5) is 0 Å². The maximum Gasteiger partial charge on any atom is 0.280 e. The van der Waals surface area contributed by atoms with Crippen molar-refractivity contribution < 1.29 is 19.7 Å². The van der Waals surface area contributed by atoms with E-state index in [9.17, 15) is 15.0 Å². The Morgan fingerprint density at radius 2 is 2.04 bits per heavy atom. The molecular weight excluding hydrogens is 344 g/mol. The Kier molecular flexibility index (Phi) is 5.88. The molecule has 0 fully saturated rings. The number of phenols is 2. The van der Waals surface area contributed by atoms with Crippen LogP contribution in [0.2, 0.25) is 5.02 Å². The zero-order chi connectivity index (χ0) is 18.6. The number of aromatic hydroxyl groups is 2. The minimum absolute atomic E-state index is 0.0144. The lowest BCUT2D eigenvalue weighted by molar-refractivity contribution is -0.127. The normalized spacial score (nSPS) is 12.2. The monoisotopic (exact) mass is 362 g/mol. The first-order chi connectivity index (χ1) is 11.8. The van der Waals surface area contributed by atoms with Crippen LogP contribution in [0.1, 0.15) is 23.6 Å². The lowest BCUT2D eigenvalue weighted by Gasteiger charge is -2.15. The van der Waals surface area contributed by atoms with Crippen LogP contribution in [0.25, 0.3) is 0 Å². The Morgan fingerprint density at radius 3 is 2.72 bits per heavy atom. The van der Waals surface area contributed by atoms with Crippen molar-refractivity contribution >= 4 is 23.7 Å². The molecule has 0 spiro atoms. The van der Waals surface area contributed by atoms with Crippen LogP contribution in [0.5, 0.6) is 17.2 Å². The molecule has 1 amide bonds. The molecule has 0 saturated carbocycles. The minimum atomic E-state index is -0.741. The Morgan fingerprint density at radius 1 is 1.32 bits per heavy atom. The van der Waals surface area contributed by atoms with Gasteiger partial charge < -0.3 is 14.9 Å². The Hall–Kier alpha value is -2.73. The van der Waals surface area contributed by atoms with E-state index in [0.29, 0.717) is 11.3 Å². The van der Waals surface area contributed by atoms with Crippen molar-refractivity contribution in [1.82, 2.24) is 5.43 Å². The first kappa shape index (κ1) is 18.6. The Labute approximate surface area is 150 Å². The summed E-state index contributed by atoms with van der Waals surface area (Å²) in [4.78, 5) is 12.1. The van der Waals surface area contributed by atoms with Crippen LogP contribution in [0.3, 0.4) is 0 Å². The van der Waals surface area contributed by atoms with Crippen LogP contribution in [-0.4, -0.2) is 28.4 Å². The first-order valence-corrected chi connectivity index (χ1v) is 7.94. The zero-order valence-electron chi connectivity index (χ0n) is 14.1. The summed E-state index contributed by atoms with van der Waals surface area (Å²) in [6.07, 6.45) is 0.558. The smallest absolute Gasteiger partial charge is 0.280 e. The summed E-state index contributed by atoms with van der Waals surface area (Å²) in [5.41, 5.74) is 4.83. The van der Waals surface area contributed by atoms with Crippen molar-refractivity contribution in [1.29, 1.82) is 0 Å². The fraction of sp³-hybridized carbons (Fsp3) is 0.222. The predicted octanol–water partition coefficient (Wildman–Crippen LogP) is 3.29. The lowest BCUT2D eigenvalue weighted by Crippen LogP contribution is -2.33. The molecule has 0 unspecified atom stereocenters. The molecule has 0 bridgehead atoms. The summed E-state index contributed by atoms with van der Waals surface area (Å²) in [7, 11) is 0. The predicted molar refractivity (Wildman–Crippen MR) is 96.5 cm³/mol. The molecule has 25 heavy (non-hydrogen) atoms. The summed E-state index contributed by atoms with van der Waals surface area (Å²) in [5.74, 6) is -0.557. The molecule has 0 aliphatic rings. The average molecular weight is 363 g/mol. The van der Waals surface area contributed by atoms with Gasteiger partial charge in [-0.05, 0) is 55.7 Å². The van der Waals surface area contributed by atoms with E-state index in [1.165, 1.54) is 18.3 Å². The van der Waals surface area contributed by atoms with E-state index < -0.39 is 17.8 Å². The summed E-state index contributed by atoms with van der Waals surface area (Å²) in [6.45, 7) is 5.51. The first-order valence-electron chi connectivity index (χ1n) is 7.57. The molecular formula is C18H19ClN2O4. The van der Waals surface area contributed by atoms with Crippen molar-refractivity contribution in [3.05, 3.63) is 52.0 Å². The number of amides is 1. The molecule has 2 aromatic carbocycles. The van der Waals surface area contributed by atoms with Gasteiger partial charge in [-0.1, -0.05) is 23.7 Å². The van der Waals surface area contributed by atoms with Gasteiger partial charge in [0.2, 0.25) is 0 Å². The van der Waals surface area contributed by atoms with Crippen molar-refractivity contribution in [2.75, 3.05) is 0 Å². The highest BCUT2D eigenvalue weighted by Gasteiger charge is 2.15. The molecule has 1 atom stereocenters. The van der Waals surface area contributed by atoms with E-state index in [-0.39, 0.29) is 10.8 Å². The highest BCUT2D eigenvalue weighted by Crippen LogP contribution is 2.33. The molecule has 0 heterocycles. The molecule has 6 nitrogen and oxygen atoms in total. The lowest BCUT2D eigenvalue weighted by atomic mass is 10.1. The summed E-state index contributed by atoms with van der Waals surface area (Å²) >= 11 is 5.75. The van der Waals surface area contributed by atoms with Crippen molar-refractivity contribution in [2.45, 2.75) is 26.9 Å². The van der Waals surface area contributed by atoms with E-state index in [2.05, 4.69) is 10.5 Å². The van der Waals surface area contributed by atoms with Gasteiger partial charge in [0.25, 0.3) is 5.91 Å². The second kappa shape index (κ2) is 7.90. The molecule has 2 aromatic rings. The van der Waals surface area contributed by atoms with Gasteiger partial charge in [-0.3, -0.25) is 4.79 Å². The van der Waals surface area contributed by atoms with E-state index in [0.717, 1.165) is 11.1 Å². The van der Waals surface area contributed by atoms with Gasteiger partial charge in [0.15, 0.2) is 17.6 Å². The Bertz CT molecular complexity index is 798. The van der Waals surface area contributed by atoms with Crippen LogP contribution in [-0.2, 0) is 4.79 Å². The number of aryl methyl sites for hydroxylation is 1. The summed E-state index contributed by atoms with van der Waals surface area (Å²) in [6, 6.07) is 8.31. The number of nitrogens with zero attached hydrogens (tertiary/aromatic N) is 1. The van der Waals surface area contributed by atoms with Crippen molar-refractivity contribution in [3.63, 3.8) is 0 Å². The number of phenolic OH excluding ortho intramolecular Hbond substituents is 2. The van der Waals surface area contributed by atoms with Gasteiger partial charge in [0, 0.05) is 0 Å². The molecule has 0 aliphatic carbocycles. The van der Waals surface area contributed by atoms with Crippen LogP contribution in [0, 0.1) is 13.8 Å². The van der Waals surface area contributed by atoms with Gasteiger partial charge in [-0.2, -0.15) is 5.10 Å². The minimum Gasteiger partial charge on any atom is -0.504 e. The third kappa shape index (κ3) is 4.64. The maximum absolute atomic E-state index is 12.1. The number of ether oxygens (including phenoxy) is 1. The number of hydrogen-bond acceptors (Lipinski definition) is 5. The van der Waals surface area contributed by atoms with Crippen LogP contribution < -0.4 is 10.2 Å². The topological polar surface area (TPSA) is 91.2 Å². The van der Waals surface area contributed by atoms with Crippen LogP contribution in [0.15, 0.2) is 35.4 Å². The quantitative estimate of drug-likeness (QED) is 0.432. The molecule has 132 valence electrons. The van der Waals surface area contributed by atoms with Crippen molar-refractivity contribution in [2.24, 2.45) is 5.10 Å². The molecule has 0 aromatic heterocycles. The third-order valence-corrected chi connectivity index (χ3v) is 3.97. The van der Waals surface area contributed by atoms with Crippen LogP contribution >= 0.6 is 11.6 Å². The number of nitrogens with one attached hydrogen (secondary N) is 1. The fourth-order valence-electron chi connectivity index (χ4n) is 2.04. The van der Waals surface area contributed by atoms with Gasteiger partial charge in [0.05, 0.1) is 11.2 Å². The number of hydrazone groups is 1. The molecule has 2 rings (SSSR count). The van der Waals surface area contributed by atoms with Crippen molar-refractivity contribution in [3.8, 4) is 17.2 Å². The van der Waals surface area contributed by atoms with E-state index >= 15 is 0 Å². The van der Waals surface area contributed by atoms with Gasteiger partial charge >= 0.3 is 0 Å². The SMILES string of the molecule is Cc1cccc(O[C@H](C)C(=O)N/N=C/c2cc(O)c(O)c(Cl)c2)c1C. The largest absolute Gasteiger partial charge is 0.504 e. The number of rotatable bonds is 5. The third-order valence-electron chi connectivity index (χ3n) is 3.68. The number of carbonyl (C=O) groups is 1. The number of benzene rings is 2.